The molecule has 0 spiro atoms. The number of anilines is 1. The number of aromatic nitrogens is 4. The van der Waals surface area contributed by atoms with Gasteiger partial charge in [0.15, 0.2) is 11.5 Å². The van der Waals surface area contributed by atoms with E-state index in [1.54, 1.807) is 21.7 Å². The molecule has 0 radical (unpaired) electrons. The Morgan fingerprint density at radius 3 is 2.62 bits per heavy atom. The molecular formula is C26H31Cl2N6O3+. The fraction of sp³-hybridized carbons (Fsp3) is 0.500. The topological polar surface area (TPSA) is 84.4 Å². The molecular weight excluding hydrogens is 515 g/mol. The molecule has 0 saturated carbocycles. The number of aryl methyl sites for hydroxylation is 1. The minimum Gasteiger partial charge on any atom is -0.444 e. The van der Waals surface area contributed by atoms with Crippen molar-refractivity contribution in [2.75, 3.05) is 24.5 Å². The number of nitrogens with zero attached hydrogens (tertiary/aromatic N) is 6. The zero-order chi connectivity index (χ0) is 26.8. The number of hydrogen-bond acceptors (Lipinski definition) is 6. The highest BCUT2D eigenvalue weighted by molar-refractivity contribution is 6.41. The lowest BCUT2D eigenvalue weighted by Gasteiger charge is -2.41. The van der Waals surface area contributed by atoms with E-state index in [1.165, 1.54) is 0 Å². The molecule has 2 aliphatic heterocycles. The molecule has 2 aliphatic rings. The third kappa shape index (κ3) is 4.22. The van der Waals surface area contributed by atoms with Crippen LogP contribution in [0, 0.1) is 0 Å². The first kappa shape index (κ1) is 25.7. The van der Waals surface area contributed by atoms with Gasteiger partial charge in [-0.3, -0.25) is 4.98 Å². The number of ether oxygens (including phenoxy) is 1. The van der Waals surface area contributed by atoms with Gasteiger partial charge < -0.3 is 14.5 Å². The summed E-state index contributed by atoms with van der Waals surface area (Å²) in [5.41, 5.74) is 2.16. The summed E-state index contributed by atoms with van der Waals surface area (Å²) in [4.78, 5) is 39.3. The second-order valence-electron chi connectivity index (χ2n) is 10.6. The number of pyridine rings is 2. The van der Waals surface area contributed by atoms with Gasteiger partial charge in [0, 0.05) is 37.4 Å². The van der Waals surface area contributed by atoms with Crippen molar-refractivity contribution in [2.45, 2.75) is 65.6 Å². The number of halogens is 2. The van der Waals surface area contributed by atoms with Gasteiger partial charge in [-0.1, -0.05) is 18.5 Å². The minimum atomic E-state index is -0.573. The van der Waals surface area contributed by atoms with Crippen LogP contribution in [0.15, 0.2) is 23.1 Å². The summed E-state index contributed by atoms with van der Waals surface area (Å²) in [5.74, 6) is 0.525. The average molecular weight is 546 g/mol. The molecule has 5 rings (SSSR count). The van der Waals surface area contributed by atoms with E-state index < -0.39 is 11.3 Å². The molecule has 9 nitrogen and oxygen atoms in total. The lowest BCUT2D eigenvalue weighted by molar-refractivity contribution is -0.687. The van der Waals surface area contributed by atoms with Gasteiger partial charge in [0.1, 0.15) is 27.7 Å². The normalized spacial score (nSPS) is 19.2. The fourth-order valence-electron chi connectivity index (χ4n) is 5.29. The third-order valence-electron chi connectivity index (χ3n) is 6.97. The van der Waals surface area contributed by atoms with Crippen molar-refractivity contribution in [3.05, 3.63) is 50.2 Å². The van der Waals surface area contributed by atoms with Gasteiger partial charge in [0.2, 0.25) is 5.15 Å². The Hall–Kier alpha value is -2.91. The van der Waals surface area contributed by atoms with Crippen LogP contribution < -0.4 is 15.2 Å². The van der Waals surface area contributed by atoms with Gasteiger partial charge in [0.05, 0.1) is 0 Å². The molecule has 37 heavy (non-hydrogen) atoms. The summed E-state index contributed by atoms with van der Waals surface area (Å²) in [6, 6.07) is 3.35. The van der Waals surface area contributed by atoms with Gasteiger partial charge in [-0.15, -0.1) is 4.57 Å². The van der Waals surface area contributed by atoms with E-state index in [9.17, 15) is 9.59 Å². The van der Waals surface area contributed by atoms with Gasteiger partial charge in [-0.05, 0) is 64.8 Å². The van der Waals surface area contributed by atoms with Crippen LogP contribution in [0.25, 0.3) is 16.7 Å². The highest BCUT2D eigenvalue weighted by Gasteiger charge is 2.40. The quantitative estimate of drug-likeness (QED) is 0.352. The van der Waals surface area contributed by atoms with Crippen molar-refractivity contribution in [3.8, 4) is 5.69 Å². The third-order valence-corrected chi connectivity index (χ3v) is 7.74. The summed E-state index contributed by atoms with van der Waals surface area (Å²) in [6.45, 7) is 13.0. The van der Waals surface area contributed by atoms with Crippen molar-refractivity contribution in [1.82, 2.24) is 19.4 Å². The molecule has 3 aromatic rings. The van der Waals surface area contributed by atoms with E-state index in [4.69, 9.17) is 27.9 Å². The average Bonchev–Trinajstić information content (AvgIpc) is 2.83. The lowest BCUT2D eigenvalue weighted by atomic mass is 10.0. The molecule has 3 aromatic heterocycles. The maximum atomic E-state index is 13.7. The monoisotopic (exact) mass is 545 g/mol. The standard InChI is InChI=1S/C26H31Cl2N6O3/c1-7-16-8-9-29-19-15(3)33-21(28)18(27)12-17-22(30-24(35)34(20(16)19)23(17)33)32-11-10-31(13-14(32)2)25(36)37-26(4,5)6/h8-9,12,14-15H,7,10-11,13H2,1-6H3/q+1/t14-,15?/m0/s1. The van der Waals surface area contributed by atoms with Crippen LogP contribution in [0.5, 0.6) is 0 Å². The zero-order valence-electron chi connectivity index (χ0n) is 21.9. The van der Waals surface area contributed by atoms with Crippen molar-refractivity contribution in [3.63, 3.8) is 0 Å². The molecule has 1 saturated heterocycles. The van der Waals surface area contributed by atoms with E-state index >= 15 is 0 Å². The molecule has 11 heteroatoms. The SMILES string of the molecule is CCc1ccnc2c1-n1c(=O)nc(N3CCN(C(=O)OC(C)(C)C)C[C@@H]3C)c3cc(Cl)c(Cl)[n+](c31)C2C. The number of fused-ring (bicyclic) bond motifs is 2. The summed E-state index contributed by atoms with van der Waals surface area (Å²) < 4.78 is 9.04. The van der Waals surface area contributed by atoms with Crippen molar-refractivity contribution >= 4 is 46.1 Å². The second kappa shape index (κ2) is 9.13. The Morgan fingerprint density at radius 2 is 1.97 bits per heavy atom. The van der Waals surface area contributed by atoms with Crippen LogP contribution in [0.4, 0.5) is 10.6 Å². The Balaban J connectivity index is 1.67. The Labute approximate surface area is 225 Å². The zero-order valence-corrected chi connectivity index (χ0v) is 23.4. The highest BCUT2D eigenvalue weighted by atomic mass is 35.5. The molecule has 0 aromatic carbocycles. The van der Waals surface area contributed by atoms with Crippen LogP contribution in [-0.2, 0) is 11.2 Å². The molecule has 196 valence electrons. The van der Waals surface area contributed by atoms with Gasteiger partial charge in [-0.25, -0.2) is 14.2 Å². The lowest BCUT2D eigenvalue weighted by Crippen LogP contribution is -2.55. The smallest absolute Gasteiger partial charge is 0.442 e. The highest BCUT2D eigenvalue weighted by Crippen LogP contribution is 2.37. The van der Waals surface area contributed by atoms with Crippen molar-refractivity contribution in [1.29, 1.82) is 0 Å². The van der Waals surface area contributed by atoms with Crippen LogP contribution in [0.1, 0.15) is 58.8 Å². The minimum absolute atomic E-state index is 0.115. The number of carbonyl (C=O) groups is 1. The summed E-state index contributed by atoms with van der Waals surface area (Å²) in [6.07, 6.45) is 2.14. The maximum absolute atomic E-state index is 13.7. The molecule has 1 amide bonds. The first-order valence-corrected chi connectivity index (χ1v) is 13.3. The first-order chi connectivity index (χ1) is 17.4. The second-order valence-corrected chi connectivity index (χ2v) is 11.4. The Kier molecular flexibility index (Phi) is 6.35. The van der Waals surface area contributed by atoms with E-state index in [0.29, 0.717) is 41.3 Å². The molecule has 1 fully saturated rings. The van der Waals surface area contributed by atoms with E-state index in [2.05, 4.69) is 14.9 Å². The molecule has 1 unspecified atom stereocenters. The summed E-state index contributed by atoms with van der Waals surface area (Å²) in [7, 11) is 0. The largest absolute Gasteiger partial charge is 0.444 e. The van der Waals surface area contributed by atoms with Gasteiger partial charge in [-0.2, -0.15) is 4.98 Å². The predicted molar refractivity (Wildman–Crippen MR) is 143 cm³/mol. The van der Waals surface area contributed by atoms with Crippen LogP contribution >= 0.6 is 23.2 Å². The Morgan fingerprint density at radius 1 is 1.24 bits per heavy atom. The van der Waals surface area contributed by atoms with Crippen LogP contribution in [0.2, 0.25) is 10.2 Å². The molecule has 0 aliphatic carbocycles. The van der Waals surface area contributed by atoms with E-state index in [-0.39, 0.29) is 18.2 Å². The van der Waals surface area contributed by atoms with Crippen molar-refractivity contribution < 1.29 is 14.1 Å². The maximum Gasteiger partial charge on any atom is 0.442 e. The van der Waals surface area contributed by atoms with E-state index in [0.717, 1.165) is 28.8 Å². The molecule has 0 N–H and O–H groups in total. The van der Waals surface area contributed by atoms with E-state index in [1.807, 2.05) is 52.2 Å². The van der Waals surface area contributed by atoms with Crippen molar-refractivity contribution in [2.24, 2.45) is 0 Å². The predicted octanol–water partition coefficient (Wildman–Crippen LogP) is 4.31. The first-order valence-electron chi connectivity index (χ1n) is 12.5. The summed E-state index contributed by atoms with van der Waals surface area (Å²) in [5, 5.41) is 1.42. The number of amides is 1. The number of hydrogen-bond donors (Lipinski definition) is 0. The van der Waals surface area contributed by atoms with Crippen LogP contribution in [-0.4, -0.2) is 56.8 Å². The number of rotatable bonds is 2. The number of piperazine rings is 1. The van der Waals surface area contributed by atoms with Gasteiger partial charge >= 0.3 is 17.4 Å². The van der Waals surface area contributed by atoms with Crippen LogP contribution in [0.3, 0.4) is 0 Å². The number of carbonyl (C=O) groups excluding carboxylic acids is 1. The Bertz CT molecular complexity index is 1480. The molecule has 5 heterocycles. The van der Waals surface area contributed by atoms with Gasteiger partial charge in [0.25, 0.3) is 0 Å². The molecule has 2 atom stereocenters. The fourth-order valence-corrected chi connectivity index (χ4v) is 5.78. The molecule has 0 bridgehead atoms. The summed E-state index contributed by atoms with van der Waals surface area (Å²) >= 11 is 13.4.